The number of rotatable bonds is 7. The van der Waals surface area contributed by atoms with Crippen LogP contribution < -0.4 is 14.8 Å². The van der Waals surface area contributed by atoms with Gasteiger partial charge >= 0.3 is 0 Å². The molecule has 0 fully saturated rings. The molecule has 0 saturated heterocycles. The van der Waals surface area contributed by atoms with Crippen molar-refractivity contribution in [1.29, 1.82) is 0 Å². The summed E-state index contributed by atoms with van der Waals surface area (Å²) in [6.45, 7) is 4.30. The maximum absolute atomic E-state index is 12.4. The third kappa shape index (κ3) is 4.70. The molecule has 0 spiro atoms. The molecule has 2 aromatic carbocycles. The van der Waals surface area contributed by atoms with E-state index in [0.717, 1.165) is 22.6 Å². The van der Waals surface area contributed by atoms with Crippen LogP contribution in [0.25, 0.3) is 11.3 Å². The molecule has 0 aliphatic carbocycles. The van der Waals surface area contributed by atoms with Gasteiger partial charge < -0.3 is 14.8 Å². The van der Waals surface area contributed by atoms with Gasteiger partial charge in [-0.1, -0.05) is 38.1 Å². The fraction of sp³-hybridized carbons (Fsp3) is 0.273. The van der Waals surface area contributed by atoms with Crippen LogP contribution in [0.1, 0.15) is 30.9 Å². The topological polar surface area (TPSA) is 60.5 Å². The van der Waals surface area contributed by atoms with Crippen molar-refractivity contribution in [3.63, 3.8) is 0 Å². The number of amides is 1. The van der Waals surface area contributed by atoms with Crippen molar-refractivity contribution >= 4 is 22.4 Å². The van der Waals surface area contributed by atoms with Crippen LogP contribution in [-0.4, -0.2) is 25.1 Å². The highest BCUT2D eigenvalue weighted by atomic mass is 32.1. The molecular weight excluding hydrogens is 372 g/mol. The van der Waals surface area contributed by atoms with E-state index in [1.165, 1.54) is 16.9 Å². The number of benzene rings is 2. The van der Waals surface area contributed by atoms with Crippen molar-refractivity contribution in [3.05, 3.63) is 59.0 Å². The Hall–Kier alpha value is -2.86. The zero-order chi connectivity index (χ0) is 20.1. The number of hydrogen-bond donors (Lipinski definition) is 1. The highest BCUT2D eigenvalue weighted by molar-refractivity contribution is 7.14. The lowest BCUT2D eigenvalue weighted by atomic mass is 10.0. The molecule has 1 heterocycles. The van der Waals surface area contributed by atoms with Crippen molar-refractivity contribution in [3.8, 4) is 22.8 Å². The van der Waals surface area contributed by atoms with Crippen LogP contribution in [0.3, 0.4) is 0 Å². The number of carbonyl (C=O) groups is 1. The lowest BCUT2D eigenvalue weighted by Gasteiger charge is -2.08. The van der Waals surface area contributed by atoms with Gasteiger partial charge in [0.25, 0.3) is 0 Å². The minimum Gasteiger partial charge on any atom is -0.497 e. The first-order valence-electron chi connectivity index (χ1n) is 9.06. The second kappa shape index (κ2) is 8.89. The van der Waals surface area contributed by atoms with Gasteiger partial charge in [-0.05, 0) is 35.2 Å². The highest BCUT2D eigenvalue weighted by Gasteiger charge is 2.13. The van der Waals surface area contributed by atoms with E-state index in [4.69, 9.17) is 9.47 Å². The molecule has 0 aliphatic heterocycles. The van der Waals surface area contributed by atoms with Crippen molar-refractivity contribution in [1.82, 2.24) is 4.98 Å². The van der Waals surface area contributed by atoms with E-state index < -0.39 is 0 Å². The average Bonchev–Trinajstić information content (AvgIpc) is 3.15. The van der Waals surface area contributed by atoms with Gasteiger partial charge in [0.1, 0.15) is 11.5 Å². The maximum atomic E-state index is 12.4. The van der Waals surface area contributed by atoms with Gasteiger partial charge in [-0.15, -0.1) is 11.3 Å². The molecule has 0 atom stereocenters. The SMILES string of the molecule is COc1ccc(OC)c(-c2csc(NC(=O)Cc3ccc(C(C)C)cc3)n2)c1. The summed E-state index contributed by atoms with van der Waals surface area (Å²) in [7, 11) is 3.23. The Kier molecular flexibility index (Phi) is 6.31. The van der Waals surface area contributed by atoms with Gasteiger partial charge in [0.05, 0.1) is 26.3 Å². The van der Waals surface area contributed by atoms with Gasteiger partial charge in [0.2, 0.25) is 5.91 Å². The third-order valence-electron chi connectivity index (χ3n) is 4.44. The van der Waals surface area contributed by atoms with Crippen molar-refractivity contribution in [2.75, 3.05) is 19.5 Å². The monoisotopic (exact) mass is 396 g/mol. The lowest BCUT2D eigenvalue weighted by molar-refractivity contribution is -0.115. The number of anilines is 1. The molecular formula is C22H24N2O3S. The number of hydrogen-bond acceptors (Lipinski definition) is 5. The second-order valence-corrected chi connectivity index (χ2v) is 7.58. The highest BCUT2D eigenvalue weighted by Crippen LogP contribution is 2.35. The molecule has 1 amide bonds. The molecule has 0 radical (unpaired) electrons. The van der Waals surface area contributed by atoms with E-state index in [-0.39, 0.29) is 5.91 Å². The summed E-state index contributed by atoms with van der Waals surface area (Å²) >= 11 is 1.38. The minimum absolute atomic E-state index is 0.0872. The van der Waals surface area contributed by atoms with Crippen LogP contribution in [0.15, 0.2) is 47.8 Å². The van der Waals surface area contributed by atoms with Crippen LogP contribution in [0.2, 0.25) is 0 Å². The van der Waals surface area contributed by atoms with Crippen molar-refractivity contribution in [2.45, 2.75) is 26.2 Å². The number of nitrogens with zero attached hydrogens (tertiary/aromatic N) is 1. The van der Waals surface area contributed by atoms with Crippen molar-refractivity contribution in [2.24, 2.45) is 0 Å². The summed E-state index contributed by atoms with van der Waals surface area (Å²) in [4.78, 5) is 16.9. The summed E-state index contributed by atoms with van der Waals surface area (Å²) in [5.41, 5.74) is 3.80. The van der Waals surface area contributed by atoms with Crippen molar-refractivity contribution < 1.29 is 14.3 Å². The standard InChI is InChI=1S/C22H24N2O3S/c1-14(2)16-7-5-15(6-8-16)11-21(25)24-22-23-19(13-28-22)18-12-17(26-3)9-10-20(18)27-4/h5-10,12-14H,11H2,1-4H3,(H,23,24,25). The molecule has 5 nitrogen and oxygen atoms in total. The predicted octanol–water partition coefficient (Wildman–Crippen LogP) is 5.13. The van der Waals surface area contributed by atoms with Gasteiger partial charge in [-0.3, -0.25) is 4.79 Å². The van der Waals surface area contributed by atoms with Crippen LogP contribution in [0, 0.1) is 0 Å². The quantitative estimate of drug-likeness (QED) is 0.601. The van der Waals surface area contributed by atoms with E-state index in [9.17, 15) is 4.79 Å². The smallest absolute Gasteiger partial charge is 0.230 e. The summed E-state index contributed by atoms with van der Waals surface area (Å²) in [5, 5.41) is 5.33. The molecule has 0 saturated carbocycles. The van der Waals surface area contributed by atoms with Gasteiger partial charge in [-0.25, -0.2) is 4.98 Å². The second-order valence-electron chi connectivity index (χ2n) is 6.73. The number of ether oxygens (including phenoxy) is 2. The number of carbonyl (C=O) groups excluding carboxylic acids is 1. The third-order valence-corrected chi connectivity index (χ3v) is 5.20. The Morgan fingerprint density at radius 3 is 2.50 bits per heavy atom. The summed E-state index contributed by atoms with van der Waals surface area (Å²) in [6, 6.07) is 13.7. The summed E-state index contributed by atoms with van der Waals surface area (Å²) < 4.78 is 10.7. The number of nitrogens with one attached hydrogen (secondary N) is 1. The zero-order valence-electron chi connectivity index (χ0n) is 16.5. The van der Waals surface area contributed by atoms with Crippen LogP contribution in [0.5, 0.6) is 11.5 Å². The molecule has 0 aliphatic rings. The Morgan fingerprint density at radius 1 is 1.11 bits per heavy atom. The molecule has 28 heavy (non-hydrogen) atoms. The normalized spacial score (nSPS) is 10.8. The predicted molar refractivity (Wildman–Crippen MR) is 114 cm³/mol. The average molecular weight is 397 g/mol. The van der Waals surface area contributed by atoms with E-state index in [1.54, 1.807) is 14.2 Å². The molecule has 3 aromatic rings. The van der Waals surface area contributed by atoms with E-state index in [0.29, 0.717) is 23.2 Å². The van der Waals surface area contributed by atoms with Gasteiger partial charge in [0.15, 0.2) is 5.13 Å². The molecule has 6 heteroatoms. The first-order valence-corrected chi connectivity index (χ1v) is 9.94. The Bertz CT molecular complexity index is 949. The molecule has 1 N–H and O–H groups in total. The fourth-order valence-corrected chi connectivity index (χ4v) is 3.57. The first-order chi connectivity index (χ1) is 13.5. The fourth-order valence-electron chi connectivity index (χ4n) is 2.84. The molecule has 0 unspecified atom stereocenters. The zero-order valence-corrected chi connectivity index (χ0v) is 17.3. The molecule has 0 bridgehead atoms. The van der Waals surface area contributed by atoms with Gasteiger partial charge in [-0.2, -0.15) is 0 Å². The van der Waals surface area contributed by atoms with E-state index >= 15 is 0 Å². The van der Waals surface area contributed by atoms with E-state index in [2.05, 4.69) is 36.3 Å². The van der Waals surface area contributed by atoms with E-state index in [1.807, 2.05) is 35.7 Å². The maximum Gasteiger partial charge on any atom is 0.230 e. The molecule has 3 rings (SSSR count). The molecule has 1 aromatic heterocycles. The molecule has 146 valence electrons. The van der Waals surface area contributed by atoms with Crippen LogP contribution >= 0.6 is 11.3 Å². The summed E-state index contributed by atoms with van der Waals surface area (Å²) in [5.74, 6) is 1.81. The largest absolute Gasteiger partial charge is 0.497 e. The number of aromatic nitrogens is 1. The number of thiazole rings is 1. The number of methoxy groups -OCH3 is 2. The Morgan fingerprint density at radius 2 is 1.86 bits per heavy atom. The summed E-state index contributed by atoms with van der Waals surface area (Å²) in [6.07, 6.45) is 0.315. The van der Waals surface area contributed by atoms with Gasteiger partial charge in [0, 0.05) is 10.9 Å². The minimum atomic E-state index is -0.0872. The van der Waals surface area contributed by atoms with Crippen LogP contribution in [-0.2, 0) is 11.2 Å². The Labute approximate surface area is 169 Å². The Balaban J connectivity index is 1.70. The first kappa shape index (κ1) is 19.9. The van der Waals surface area contributed by atoms with Crippen LogP contribution in [0.4, 0.5) is 5.13 Å². The lowest BCUT2D eigenvalue weighted by Crippen LogP contribution is -2.14.